The Morgan fingerprint density at radius 2 is 1.91 bits per heavy atom. The van der Waals surface area contributed by atoms with E-state index < -0.39 is 0 Å². The van der Waals surface area contributed by atoms with E-state index in [1.54, 1.807) is 11.3 Å². The van der Waals surface area contributed by atoms with Crippen LogP contribution in [0.25, 0.3) is 21.7 Å². The third-order valence-electron chi connectivity index (χ3n) is 5.71. The second kappa shape index (κ2) is 8.68. The number of nitrogens with two attached hydrogens (primary N) is 1. The summed E-state index contributed by atoms with van der Waals surface area (Å²) in [7, 11) is 0. The number of oxazole rings is 1. The van der Waals surface area contributed by atoms with Crippen molar-refractivity contribution >= 4 is 34.0 Å². The van der Waals surface area contributed by atoms with Crippen LogP contribution in [0.3, 0.4) is 0 Å². The number of hydrogen-bond acceptors (Lipinski definition) is 8. The molecule has 2 N–H and O–H groups in total. The van der Waals surface area contributed by atoms with Gasteiger partial charge in [0.1, 0.15) is 17.4 Å². The fourth-order valence-electron chi connectivity index (χ4n) is 3.93. The molecule has 1 aliphatic rings. The highest BCUT2D eigenvalue weighted by Gasteiger charge is 2.24. The maximum atomic E-state index is 12.9. The summed E-state index contributed by atoms with van der Waals surface area (Å²) < 4.78 is 5.77. The number of anilines is 1. The molecule has 5 rings (SSSR count). The summed E-state index contributed by atoms with van der Waals surface area (Å²) in [6.45, 7) is 5.33. The summed E-state index contributed by atoms with van der Waals surface area (Å²) in [6, 6.07) is 11.7. The highest BCUT2D eigenvalue weighted by molar-refractivity contribution is 7.13. The Morgan fingerprint density at radius 3 is 2.69 bits per heavy atom. The molecule has 1 fully saturated rings. The molecule has 4 heterocycles. The molecule has 0 atom stereocenters. The van der Waals surface area contributed by atoms with Crippen molar-refractivity contribution in [1.29, 1.82) is 0 Å². The van der Waals surface area contributed by atoms with Crippen molar-refractivity contribution in [1.82, 2.24) is 24.8 Å². The number of carbonyl (C=O) groups is 1. The lowest BCUT2D eigenvalue weighted by molar-refractivity contribution is -0.132. The van der Waals surface area contributed by atoms with Gasteiger partial charge in [-0.25, -0.2) is 15.0 Å². The van der Waals surface area contributed by atoms with Crippen LogP contribution in [0.15, 0.2) is 46.2 Å². The number of aryl methyl sites for hydroxylation is 1. The standard InChI is InChI=1S/C23H24N6O2S/c1-15-18(26-23(31-15)19-7-4-12-32-19)13-21(30)29-10-8-28(9-11-29)14-20-25-17-6-3-2-5-16(17)22(24)27-20/h2-7,12H,8-11,13-14H2,1H3,(H2,24,25,27). The minimum absolute atomic E-state index is 0.0741. The van der Waals surface area contributed by atoms with Gasteiger partial charge < -0.3 is 15.1 Å². The Hall–Kier alpha value is -3.30. The molecule has 3 aromatic heterocycles. The predicted molar refractivity (Wildman–Crippen MR) is 124 cm³/mol. The summed E-state index contributed by atoms with van der Waals surface area (Å²) in [6.07, 6.45) is 0.255. The Labute approximate surface area is 189 Å². The molecular formula is C23H24N6O2S. The van der Waals surface area contributed by atoms with Crippen LogP contribution in [0.2, 0.25) is 0 Å². The normalized spacial score (nSPS) is 14.8. The molecule has 0 unspecified atom stereocenters. The van der Waals surface area contributed by atoms with Crippen LogP contribution in [0, 0.1) is 6.92 Å². The van der Waals surface area contributed by atoms with E-state index >= 15 is 0 Å². The molecule has 9 heteroatoms. The van der Waals surface area contributed by atoms with Crippen molar-refractivity contribution < 1.29 is 9.21 Å². The SMILES string of the molecule is Cc1oc(-c2cccs2)nc1CC(=O)N1CCN(Cc2nc(N)c3ccccc3n2)CC1. The molecule has 4 aromatic rings. The number of benzene rings is 1. The number of hydrogen-bond donors (Lipinski definition) is 1. The first kappa shape index (κ1) is 20.6. The van der Waals surface area contributed by atoms with Gasteiger partial charge in [0, 0.05) is 31.6 Å². The van der Waals surface area contributed by atoms with Gasteiger partial charge in [-0.3, -0.25) is 9.69 Å². The number of amides is 1. The highest BCUT2D eigenvalue weighted by Crippen LogP contribution is 2.26. The molecule has 1 aliphatic heterocycles. The number of nitrogen functional groups attached to an aromatic ring is 1. The summed E-state index contributed by atoms with van der Waals surface area (Å²) in [5.74, 6) is 2.57. The third-order valence-corrected chi connectivity index (χ3v) is 6.57. The average molecular weight is 449 g/mol. The van der Waals surface area contributed by atoms with E-state index in [0.717, 1.165) is 28.9 Å². The number of nitrogens with zero attached hydrogens (tertiary/aromatic N) is 5. The number of thiophene rings is 1. The van der Waals surface area contributed by atoms with E-state index in [-0.39, 0.29) is 12.3 Å². The highest BCUT2D eigenvalue weighted by atomic mass is 32.1. The largest absolute Gasteiger partial charge is 0.440 e. The van der Waals surface area contributed by atoms with Gasteiger partial charge in [-0.15, -0.1) is 11.3 Å². The van der Waals surface area contributed by atoms with E-state index in [1.807, 2.05) is 53.6 Å². The molecule has 0 saturated carbocycles. The monoisotopic (exact) mass is 448 g/mol. The van der Waals surface area contributed by atoms with Crippen LogP contribution in [-0.2, 0) is 17.8 Å². The minimum Gasteiger partial charge on any atom is -0.440 e. The van der Waals surface area contributed by atoms with Gasteiger partial charge in [0.05, 0.1) is 29.1 Å². The molecule has 8 nitrogen and oxygen atoms in total. The van der Waals surface area contributed by atoms with E-state index in [4.69, 9.17) is 10.2 Å². The third kappa shape index (κ3) is 4.21. The van der Waals surface area contributed by atoms with Crippen molar-refractivity contribution in [2.75, 3.05) is 31.9 Å². The molecule has 32 heavy (non-hydrogen) atoms. The quantitative estimate of drug-likeness (QED) is 0.500. The first-order valence-electron chi connectivity index (χ1n) is 10.6. The number of rotatable bonds is 5. The second-order valence-electron chi connectivity index (χ2n) is 7.88. The van der Waals surface area contributed by atoms with Gasteiger partial charge in [0.15, 0.2) is 0 Å². The van der Waals surface area contributed by atoms with Crippen LogP contribution in [-0.4, -0.2) is 56.8 Å². The van der Waals surface area contributed by atoms with Gasteiger partial charge in [-0.2, -0.15) is 0 Å². The lowest BCUT2D eigenvalue weighted by Crippen LogP contribution is -2.48. The lowest BCUT2D eigenvalue weighted by Gasteiger charge is -2.34. The maximum Gasteiger partial charge on any atom is 0.236 e. The van der Waals surface area contributed by atoms with Gasteiger partial charge in [0.2, 0.25) is 11.8 Å². The van der Waals surface area contributed by atoms with E-state index in [2.05, 4.69) is 19.9 Å². The summed E-state index contributed by atoms with van der Waals surface area (Å²) in [5, 5.41) is 2.85. The number of fused-ring (bicyclic) bond motifs is 1. The zero-order valence-electron chi connectivity index (χ0n) is 17.8. The first-order chi connectivity index (χ1) is 15.6. The zero-order valence-corrected chi connectivity index (χ0v) is 18.6. The van der Waals surface area contributed by atoms with Crippen molar-refractivity contribution in [3.8, 4) is 10.8 Å². The molecule has 0 radical (unpaired) electrons. The summed E-state index contributed by atoms with van der Waals surface area (Å²) in [4.78, 5) is 31.6. The molecule has 0 aliphatic carbocycles. The van der Waals surface area contributed by atoms with Gasteiger partial charge in [0.25, 0.3) is 0 Å². The molecule has 1 aromatic carbocycles. The molecule has 0 bridgehead atoms. The smallest absolute Gasteiger partial charge is 0.236 e. The van der Waals surface area contributed by atoms with Crippen LogP contribution < -0.4 is 5.73 Å². The van der Waals surface area contributed by atoms with Gasteiger partial charge in [-0.05, 0) is 30.5 Å². The number of piperazine rings is 1. The van der Waals surface area contributed by atoms with E-state index in [0.29, 0.717) is 48.6 Å². The topological polar surface area (TPSA) is 101 Å². The van der Waals surface area contributed by atoms with Crippen LogP contribution in [0.1, 0.15) is 17.3 Å². The minimum atomic E-state index is 0.0741. The molecule has 164 valence electrons. The van der Waals surface area contributed by atoms with Crippen LogP contribution >= 0.6 is 11.3 Å². The Morgan fingerprint density at radius 1 is 1.09 bits per heavy atom. The molecule has 0 spiro atoms. The zero-order chi connectivity index (χ0) is 22.1. The number of aromatic nitrogens is 3. The Bertz CT molecular complexity index is 1240. The summed E-state index contributed by atoms with van der Waals surface area (Å²) in [5.41, 5.74) is 7.67. The number of carbonyl (C=O) groups excluding carboxylic acids is 1. The van der Waals surface area contributed by atoms with Crippen molar-refractivity contribution in [3.05, 3.63) is 59.1 Å². The van der Waals surface area contributed by atoms with Crippen LogP contribution in [0.4, 0.5) is 5.82 Å². The second-order valence-corrected chi connectivity index (χ2v) is 8.82. The van der Waals surface area contributed by atoms with Crippen LogP contribution in [0.5, 0.6) is 0 Å². The number of para-hydroxylation sites is 1. The molecule has 1 amide bonds. The van der Waals surface area contributed by atoms with Crippen molar-refractivity contribution in [3.63, 3.8) is 0 Å². The molecule has 1 saturated heterocycles. The summed E-state index contributed by atoms with van der Waals surface area (Å²) >= 11 is 1.57. The van der Waals surface area contributed by atoms with Crippen molar-refractivity contribution in [2.24, 2.45) is 0 Å². The maximum absolute atomic E-state index is 12.9. The fraction of sp³-hybridized carbons (Fsp3) is 0.304. The predicted octanol–water partition coefficient (Wildman–Crippen LogP) is 3.12. The van der Waals surface area contributed by atoms with E-state index in [1.165, 1.54) is 0 Å². The Kier molecular flexibility index (Phi) is 5.59. The fourth-order valence-corrected chi connectivity index (χ4v) is 4.58. The molecular weight excluding hydrogens is 424 g/mol. The lowest BCUT2D eigenvalue weighted by atomic mass is 10.2. The Balaban J connectivity index is 1.18. The van der Waals surface area contributed by atoms with Gasteiger partial charge >= 0.3 is 0 Å². The first-order valence-corrected chi connectivity index (χ1v) is 11.5. The van der Waals surface area contributed by atoms with Gasteiger partial charge in [-0.1, -0.05) is 18.2 Å². The average Bonchev–Trinajstić information content (AvgIpc) is 3.45. The van der Waals surface area contributed by atoms with Crippen molar-refractivity contribution in [2.45, 2.75) is 19.9 Å². The van der Waals surface area contributed by atoms with E-state index in [9.17, 15) is 4.79 Å².